The van der Waals surface area contributed by atoms with Crippen LogP contribution in [0.3, 0.4) is 0 Å². The fourth-order valence-electron chi connectivity index (χ4n) is 3.57. The number of nitrogens with zero attached hydrogens (tertiary/aromatic N) is 1. The van der Waals surface area contributed by atoms with Gasteiger partial charge in [0.05, 0.1) is 0 Å². The van der Waals surface area contributed by atoms with Crippen molar-refractivity contribution in [3.8, 4) is 17.2 Å². The van der Waals surface area contributed by atoms with Crippen molar-refractivity contribution in [3.63, 3.8) is 0 Å². The highest BCUT2D eigenvalue weighted by atomic mass is 16.5. The summed E-state index contributed by atoms with van der Waals surface area (Å²) in [5, 5.41) is 20.2. The topological polar surface area (TPSA) is 88.5 Å². The highest BCUT2D eigenvalue weighted by molar-refractivity contribution is 5.72. The Balaban J connectivity index is 1.53. The molecule has 2 N–H and O–H groups in total. The number of aliphatic carboxylic acids is 1. The van der Waals surface area contributed by atoms with E-state index in [1.807, 2.05) is 54.6 Å². The normalized spacial score (nSPS) is 12.7. The zero-order valence-corrected chi connectivity index (χ0v) is 20.2. The zero-order valence-electron chi connectivity index (χ0n) is 20.2. The van der Waals surface area contributed by atoms with Crippen molar-refractivity contribution in [2.45, 2.75) is 38.7 Å². The van der Waals surface area contributed by atoms with E-state index in [0.29, 0.717) is 23.9 Å². The first-order valence-electron chi connectivity index (χ1n) is 11.7. The van der Waals surface area contributed by atoms with Gasteiger partial charge in [0.1, 0.15) is 25.1 Å². The van der Waals surface area contributed by atoms with Crippen LogP contribution in [0.5, 0.6) is 17.2 Å². The molecule has 0 bridgehead atoms. The minimum Gasteiger partial charge on any atom is -0.487 e. The summed E-state index contributed by atoms with van der Waals surface area (Å²) in [5.41, 5.74) is 2.20. The second-order valence-corrected chi connectivity index (χ2v) is 8.33. The molecule has 0 aliphatic rings. The van der Waals surface area contributed by atoms with E-state index in [2.05, 4.69) is 6.92 Å². The van der Waals surface area contributed by atoms with E-state index < -0.39 is 18.3 Å². The van der Waals surface area contributed by atoms with Crippen LogP contribution in [0.25, 0.3) is 0 Å². The molecule has 0 aliphatic heterocycles. The van der Waals surface area contributed by atoms with Crippen LogP contribution in [0.2, 0.25) is 0 Å². The standard InChI is InChI=1S/C28H33NO6/c1-3-9-21-14-16-24(17-15-21)35-27(28(31)32)29(2)18-23(30)20-34-26-13-8-7-12-25(26)33-19-22-10-5-4-6-11-22/h4-8,10-17,23,27,30H,3,9,18-20H2,1-2H3,(H,31,32). The number of carboxylic acids is 1. The molecule has 0 aliphatic carbocycles. The van der Waals surface area contributed by atoms with Gasteiger partial charge in [-0.1, -0.05) is 67.9 Å². The highest BCUT2D eigenvalue weighted by Crippen LogP contribution is 2.27. The molecule has 3 rings (SSSR count). The molecule has 0 spiro atoms. The van der Waals surface area contributed by atoms with Crippen molar-refractivity contribution < 1.29 is 29.2 Å². The number of carboxylic acid groups (broad SMARTS) is 1. The summed E-state index contributed by atoms with van der Waals surface area (Å²) in [6, 6.07) is 24.4. The number of rotatable bonds is 14. The number of ether oxygens (including phenoxy) is 3. The average Bonchev–Trinajstić information content (AvgIpc) is 2.86. The first-order chi connectivity index (χ1) is 17.0. The monoisotopic (exact) mass is 479 g/mol. The SMILES string of the molecule is CCCc1ccc(OC(C(=O)O)N(C)CC(O)COc2ccccc2OCc2ccccc2)cc1. The van der Waals surface area contributed by atoms with Crippen LogP contribution in [-0.2, 0) is 17.8 Å². The molecule has 0 aromatic heterocycles. The quantitative estimate of drug-likeness (QED) is 0.332. The zero-order chi connectivity index (χ0) is 25.0. The first-order valence-corrected chi connectivity index (χ1v) is 11.7. The minimum atomic E-state index is -1.25. The molecular weight excluding hydrogens is 446 g/mol. The number of aliphatic hydroxyl groups excluding tert-OH is 1. The number of aliphatic hydroxyl groups is 1. The lowest BCUT2D eigenvalue weighted by Crippen LogP contribution is -2.47. The lowest BCUT2D eigenvalue weighted by Gasteiger charge is -2.27. The number of aryl methyl sites for hydroxylation is 1. The van der Waals surface area contributed by atoms with Gasteiger partial charge < -0.3 is 24.4 Å². The van der Waals surface area contributed by atoms with E-state index in [0.717, 1.165) is 18.4 Å². The predicted octanol–water partition coefficient (Wildman–Crippen LogP) is 4.38. The molecular formula is C28H33NO6. The smallest absolute Gasteiger partial charge is 0.360 e. The molecule has 0 heterocycles. The van der Waals surface area contributed by atoms with Gasteiger partial charge in [0.2, 0.25) is 0 Å². The highest BCUT2D eigenvalue weighted by Gasteiger charge is 2.26. The second kappa shape index (κ2) is 13.4. The van der Waals surface area contributed by atoms with Gasteiger partial charge in [-0.15, -0.1) is 0 Å². The molecule has 0 saturated heterocycles. The third-order valence-electron chi connectivity index (χ3n) is 5.34. The lowest BCUT2D eigenvalue weighted by atomic mass is 10.1. The van der Waals surface area contributed by atoms with Crippen LogP contribution in [0.15, 0.2) is 78.9 Å². The van der Waals surface area contributed by atoms with Crippen LogP contribution >= 0.6 is 0 Å². The molecule has 0 fully saturated rings. The van der Waals surface area contributed by atoms with Crippen LogP contribution < -0.4 is 14.2 Å². The van der Waals surface area contributed by atoms with Crippen LogP contribution in [-0.4, -0.2) is 53.6 Å². The summed E-state index contributed by atoms with van der Waals surface area (Å²) in [5.74, 6) is 0.385. The maximum atomic E-state index is 11.8. The van der Waals surface area contributed by atoms with Gasteiger partial charge in [0.25, 0.3) is 6.23 Å². The Bertz CT molecular complexity index is 1040. The van der Waals surface area contributed by atoms with Crippen molar-refractivity contribution in [1.29, 1.82) is 0 Å². The van der Waals surface area contributed by atoms with Crippen molar-refractivity contribution in [3.05, 3.63) is 90.0 Å². The molecule has 3 aromatic carbocycles. The van der Waals surface area contributed by atoms with Gasteiger partial charge >= 0.3 is 5.97 Å². The van der Waals surface area contributed by atoms with Crippen molar-refractivity contribution in [2.75, 3.05) is 20.2 Å². The number of hydrogen-bond acceptors (Lipinski definition) is 6. The number of likely N-dealkylation sites (N-methyl/N-ethyl adjacent to an activating group) is 1. The number of para-hydroxylation sites is 2. The van der Waals surface area contributed by atoms with Gasteiger partial charge in [0.15, 0.2) is 11.5 Å². The fourth-order valence-corrected chi connectivity index (χ4v) is 3.57. The molecule has 2 atom stereocenters. The number of carbonyl (C=O) groups is 1. The van der Waals surface area contributed by atoms with E-state index in [9.17, 15) is 15.0 Å². The largest absolute Gasteiger partial charge is 0.487 e. The average molecular weight is 480 g/mol. The third-order valence-corrected chi connectivity index (χ3v) is 5.34. The molecule has 0 saturated carbocycles. The summed E-state index contributed by atoms with van der Waals surface area (Å²) in [7, 11) is 1.59. The minimum absolute atomic E-state index is 0.0336. The molecule has 0 amide bonds. The summed E-state index contributed by atoms with van der Waals surface area (Å²) >= 11 is 0. The van der Waals surface area contributed by atoms with Gasteiger partial charge in [-0.25, -0.2) is 4.79 Å². The maximum absolute atomic E-state index is 11.8. The molecule has 2 unspecified atom stereocenters. The maximum Gasteiger partial charge on any atom is 0.360 e. The van der Waals surface area contributed by atoms with E-state index in [1.54, 1.807) is 31.3 Å². The van der Waals surface area contributed by atoms with Gasteiger partial charge in [-0.3, -0.25) is 4.90 Å². The molecule has 0 radical (unpaired) electrons. The van der Waals surface area contributed by atoms with Crippen LogP contribution in [0, 0.1) is 0 Å². The molecule has 7 nitrogen and oxygen atoms in total. The van der Waals surface area contributed by atoms with Crippen molar-refractivity contribution in [2.24, 2.45) is 0 Å². The first kappa shape index (κ1) is 26.1. The Kier molecular flexibility index (Phi) is 9.95. The number of benzene rings is 3. The Hall–Kier alpha value is -3.55. The Labute approximate surface area is 206 Å². The predicted molar refractivity (Wildman–Crippen MR) is 134 cm³/mol. The number of hydrogen-bond donors (Lipinski definition) is 2. The Morgan fingerprint density at radius 1 is 0.886 bits per heavy atom. The Morgan fingerprint density at radius 3 is 2.14 bits per heavy atom. The van der Waals surface area contributed by atoms with Crippen molar-refractivity contribution >= 4 is 5.97 Å². The van der Waals surface area contributed by atoms with Crippen LogP contribution in [0.1, 0.15) is 24.5 Å². The molecule has 35 heavy (non-hydrogen) atoms. The van der Waals surface area contributed by atoms with Gasteiger partial charge in [0, 0.05) is 6.54 Å². The van der Waals surface area contributed by atoms with Gasteiger partial charge in [-0.05, 0) is 48.9 Å². The van der Waals surface area contributed by atoms with Crippen LogP contribution in [0.4, 0.5) is 0 Å². The molecule has 186 valence electrons. The van der Waals surface area contributed by atoms with E-state index in [-0.39, 0.29) is 13.2 Å². The van der Waals surface area contributed by atoms with E-state index in [1.165, 1.54) is 10.5 Å². The molecule has 3 aromatic rings. The summed E-state index contributed by atoms with van der Waals surface area (Å²) in [4.78, 5) is 13.3. The molecule has 7 heteroatoms. The summed E-state index contributed by atoms with van der Waals surface area (Å²) in [6.07, 6.45) is -0.206. The lowest BCUT2D eigenvalue weighted by molar-refractivity contribution is -0.154. The summed E-state index contributed by atoms with van der Waals surface area (Å²) in [6.45, 7) is 2.50. The van der Waals surface area contributed by atoms with Gasteiger partial charge in [-0.2, -0.15) is 0 Å². The third kappa shape index (κ3) is 8.31. The van der Waals surface area contributed by atoms with E-state index >= 15 is 0 Å². The summed E-state index contributed by atoms with van der Waals surface area (Å²) < 4.78 is 17.4. The van der Waals surface area contributed by atoms with E-state index in [4.69, 9.17) is 14.2 Å². The Morgan fingerprint density at radius 2 is 1.51 bits per heavy atom. The second-order valence-electron chi connectivity index (χ2n) is 8.33. The fraction of sp³-hybridized carbons (Fsp3) is 0.321. The van der Waals surface area contributed by atoms with Crippen molar-refractivity contribution in [1.82, 2.24) is 4.90 Å².